The number of cyclic esters (lactones) is 2. The van der Waals surface area contributed by atoms with Crippen LogP contribution in [0.1, 0.15) is 28.2 Å². The third-order valence-corrected chi connectivity index (χ3v) is 5.89. The first kappa shape index (κ1) is 12.4. The van der Waals surface area contributed by atoms with Gasteiger partial charge < -0.3 is 4.74 Å². The molecular formula is C18H11ClO3. The van der Waals surface area contributed by atoms with Gasteiger partial charge in [0.15, 0.2) is 0 Å². The van der Waals surface area contributed by atoms with Crippen LogP contribution in [0.2, 0.25) is 0 Å². The molecule has 0 spiro atoms. The number of alkyl halides is 1. The molecule has 1 fully saturated rings. The molecule has 0 unspecified atom stereocenters. The average Bonchev–Trinajstić information content (AvgIpc) is 2.84. The van der Waals surface area contributed by atoms with E-state index in [9.17, 15) is 9.59 Å². The molecule has 2 aromatic carbocycles. The number of carbonyl (C=O) groups is 2. The molecule has 0 radical (unpaired) electrons. The minimum atomic E-state index is -1.02. The van der Waals surface area contributed by atoms with Gasteiger partial charge in [-0.25, -0.2) is 0 Å². The monoisotopic (exact) mass is 310 g/mol. The van der Waals surface area contributed by atoms with E-state index in [1.165, 1.54) is 0 Å². The molecule has 1 saturated heterocycles. The molecule has 1 heterocycles. The first-order valence-corrected chi connectivity index (χ1v) is 7.65. The van der Waals surface area contributed by atoms with Crippen LogP contribution in [0.3, 0.4) is 0 Å². The maximum absolute atomic E-state index is 12.3. The standard InChI is InChI=1S/C18H11ClO3/c19-18-11-7-3-1-5-9(11)13(10-6-2-4-8-12(10)18)14-15(18)17(21)22-16(14)20/h1-8,13-15H/t13?,14-,15+,18?/m1/s1. The Morgan fingerprint density at radius 1 is 0.864 bits per heavy atom. The molecular weight excluding hydrogens is 300 g/mol. The number of benzene rings is 2. The molecule has 3 aliphatic carbocycles. The summed E-state index contributed by atoms with van der Waals surface area (Å²) >= 11 is 7.07. The van der Waals surface area contributed by atoms with Crippen molar-refractivity contribution in [2.75, 3.05) is 0 Å². The van der Waals surface area contributed by atoms with Crippen LogP contribution in [0, 0.1) is 11.8 Å². The van der Waals surface area contributed by atoms with Gasteiger partial charge >= 0.3 is 11.9 Å². The lowest BCUT2D eigenvalue weighted by atomic mass is 9.54. The Hall–Kier alpha value is -2.13. The minimum Gasteiger partial charge on any atom is -0.393 e. The van der Waals surface area contributed by atoms with Crippen LogP contribution in [0.25, 0.3) is 0 Å². The Morgan fingerprint density at radius 3 is 2.00 bits per heavy atom. The number of esters is 2. The third kappa shape index (κ3) is 1.17. The summed E-state index contributed by atoms with van der Waals surface area (Å²) < 4.78 is 4.95. The predicted octanol–water partition coefficient (Wildman–Crippen LogP) is 2.94. The average molecular weight is 311 g/mol. The van der Waals surface area contributed by atoms with Crippen molar-refractivity contribution in [3.8, 4) is 0 Å². The molecule has 22 heavy (non-hydrogen) atoms. The number of rotatable bonds is 0. The molecule has 108 valence electrons. The Balaban J connectivity index is 1.94. The number of hydrogen-bond acceptors (Lipinski definition) is 3. The number of carbonyl (C=O) groups excluding carboxylic acids is 2. The normalized spacial score (nSPS) is 34.0. The summed E-state index contributed by atoms with van der Waals surface area (Å²) in [5, 5.41) is 0. The fourth-order valence-corrected chi connectivity index (χ4v) is 5.05. The van der Waals surface area contributed by atoms with Crippen molar-refractivity contribution in [1.82, 2.24) is 0 Å². The summed E-state index contributed by atoms with van der Waals surface area (Å²) in [5.74, 6) is -2.27. The molecule has 0 amide bonds. The van der Waals surface area contributed by atoms with Crippen LogP contribution in [0.4, 0.5) is 0 Å². The van der Waals surface area contributed by atoms with Gasteiger partial charge in [0.2, 0.25) is 0 Å². The fourth-order valence-electron chi connectivity index (χ4n) is 4.49. The van der Waals surface area contributed by atoms with Gasteiger partial charge in [-0.05, 0) is 22.3 Å². The molecule has 2 atom stereocenters. The predicted molar refractivity (Wildman–Crippen MR) is 79.4 cm³/mol. The zero-order valence-electron chi connectivity index (χ0n) is 11.5. The van der Waals surface area contributed by atoms with Crippen LogP contribution in [0.15, 0.2) is 48.5 Å². The smallest absolute Gasteiger partial charge is 0.320 e. The van der Waals surface area contributed by atoms with Crippen molar-refractivity contribution in [2.24, 2.45) is 11.8 Å². The lowest BCUT2D eigenvalue weighted by Gasteiger charge is -2.50. The molecule has 4 aliphatic rings. The highest BCUT2D eigenvalue weighted by atomic mass is 35.5. The van der Waals surface area contributed by atoms with Gasteiger partial charge in [-0.15, -0.1) is 11.6 Å². The Labute approximate surface area is 131 Å². The highest BCUT2D eigenvalue weighted by molar-refractivity contribution is 6.29. The van der Waals surface area contributed by atoms with Gasteiger partial charge in [0.1, 0.15) is 4.87 Å². The highest BCUT2D eigenvalue weighted by Gasteiger charge is 2.67. The van der Waals surface area contributed by atoms with Gasteiger partial charge in [-0.3, -0.25) is 9.59 Å². The first-order chi connectivity index (χ1) is 10.6. The van der Waals surface area contributed by atoms with Crippen LogP contribution in [-0.2, 0) is 19.2 Å². The van der Waals surface area contributed by atoms with Crippen LogP contribution >= 0.6 is 11.6 Å². The fraction of sp³-hybridized carbons (Fsp3) is 0.222. The van der Waals surface area contributed by atoms with Crippen molar-refractivity contribution >= 4 is 23.5 Å². The maximum atomic E-state index is 12.3. The highest BCUT2D eigenvalue weighted by Crippen LogP contribution is 2.65. The van der Waals surface area contributed by atoms with E-state index in [4.69, 9.17) is 16.3 Å². The molecule has 2 bridgehead atoms. The quantitative estimate of drug-likeness (QED) is 0.427. The largest absolute Gasteiger partial charge is 0.393 e. The molecule has 2 aromatic rings. The summed E-state index contributed by atoms with van der Waals surface area (Å²) in [6.07, 6.45) is 0. The van der Waals surface area contributed by atoms with Crippen molar-refractivity contribution < 1.29 is 14.3 Å². The topological polar surface area (TPSA) is 43.4 Å². The second kappa shape index (κ2) is 3.79. The van der Waals surface area contributed by atoms with Crippen LogP contribution in [0.5, 0.6) is 0 Å². The molecule has 4 heteroatoms. The van der Waals surface area contributed by atoms with Crippen molar-refractivity contribution in [3.05, 3.63) is 70.8 Å². The molecule has 0 saturated carbocycles. The lowest BCUT2D eigenvalue weighted by Crippen LogP contribution is -2.50. The van der Waals surface area contributed by atoms with Crippen LogP contribution < -0.4 is 0 Å². The minimum absolute atomic E-state index is 0.156. The Morgan fingerprint density at radius 2 is 1.41 bits per heavy atom. The van der Waals surface area contributed by atoms with Crippen molar-refractivity contribution in [2.45, 2.75) is 10.8 Å². The number of ether oxygens (including phenoxy) is 1. The van der Waals surface area contributed by atoms with Gasteiger partial charge in [0.25, 0.3) is 0 Å². The Bertz CT molecular complexity index is 809. The molecule has 0 N–H and O–H groups in total. The number of halogens is 1. The molecule has 0 aromatic heterocycles. The summed E-state index contributed by atoms with van der Waals surface area (Å²) in [6.45, 7) is 0. The molecule has 6 rings (SSSR count). The maximum Gasteiger partial charge on any atom is 0.320 e. The summed E-state index contributed by atoms with van der Waals surface area (Å²) in [5.41, 5.74) is 3.91. The van der Waals surface area contributed by atoms with E-state index in [-0.39, 0.29) is 5.92 Å². The van der Waals surface area contributed by atoms with E-state index in [1.807, 2.05) is 48.5 Å². The van der Waals surface area contributed by atoms with Crippen molar-refractivity contribution in [1.29, 1.82) is 0 Å². The van der Waals surface area contributed by atoms with Gasteiger partial charge in [0.05, 0.1) is 11.8 Å². The molecule has 3 nitrogen and oxygen atoms in total. The summed E-state index contributed by atoms with van der Waals surface area (Å²) in [6, 6.07) is 15.6. The summed E-state index contributed by atoms with van der Waals surface area (Å²) in [7, 11) is 0. The zero-order valence-corrected chi connectivity index (χ0v) is 12.2. The van der Waals surface area contributed by atoms with E-state index in [0.717, 1.165) is 22.3 Å². The van der Waals surface area contributed by atoms with Crippen molar-refractivity contribution in [3.63, 3.8) is 0 Å². The zero-order chi connectivity index (χ0) is 15.1. The van der Waals surface area contributed by atoms with Gasteiger partial charge in [-0.2, -0.15) is 0 Å². The Kier molecular flexibility index (Phi) is 2.14. The first-order valence-electron chi connectivity index (χ1n) is 7.27. The van der Waals surface area contributed by atoms with E-state index < -0.39 is 28.6 Å². The van der Waals surface area contributed by atoms with E-state index in [0.29, 0.717) is 0 Å². The molecule has 1 aliphatic heterocycles. The van der Waals surface area contributed by atoms with E-state index in [1.54, 1.807) is 0 Å². The third-order valence-electron chi connectivity index (χ3n) is 5.25. The summed E-state index contributed by atoms with van der Waals surface area (Å²) in [4.78, 5) is 23.6. The van der Waals surface area contributed by atoms with Gasteiger partial charge in [-0.1, -0.05) is 48.5 Å². The van der Waals surface area contributed by atoms with E-state index >= 15 is 0 Å². The second-order valence-electron chi connectivity index (χ2n) is 6.11. The number of hydrogen-bond donors (Lipinski definition) is 0. The second-order valence-corrected chi connectivity index (χ2v) is 6.70. The lowest BCUT2D eigenvalue weighted by molar-refractivity contribution is -0.153. The van der Waals surface area contributed by atoms with Crippen LogP contribution in [-0.4, -0.2) is 11.9 Å². The van der Waals surface area contributed by atoms with Gasteiger partial charge in [0, 0.05) is 5.92 Å². The SMILES string of the molecule is O=C1OC(=O)[C@@H]2[C@H]1C1c3ccccc3C2(Cl)c2ccccc21. The van der Waals surface area contributed by atoms with E-state index in [2.05, 4.69) is 0 Å².